The number of nitrogens with one attached hydrogen (secondary N) is 1. The molecule has 1 amide bonds. The van der Waals surface area contributed by atoms with Gasteiger partial charge in [0.1, 0.15) is 5.75 Å². The van der Waals surface area contributed by atoms with Crippen molar-refractivity contribution in [3.05, 3.63) is 47.2 Å². The highest BCUT2D eigenvalue weighted by molar-refractivity contribution is 6.30. The van der Waals surface area contributed by atoms with Crippen molar-refractivity contribution in [1.82, 2.24) is 15.1 Å². The Morgan fingerprint density at radius 3 is 2.75 bits per heavy atom. The lowest BCUT2D eigenvalue weighted by Crippen LogP contribution is -2.27. The second-order valence-electron chi connectivity index (χ2n) is 4.13. The number of aromatic nitrogens is 2. The van der Waals surface area contributed by atoms with Crippen LogP contribution < -0.4 is 10.1 Å². The Hall–Kier alpha value is -2.01. The maximum absolute atomic E-state index is 11.9. The molecule has 0 atom stereocenters. The summed E-state index contributed by atoms with van der Waals surface area (Å²) < 4.78 is 7.01. The minimum atomic E-state index is -0.119. The zero-order valence-corrected chi connectivity index (χ0v) is 11.9. The molecule has 2 aromatic rings. The molecule has 5 nitrogen and oxygen atoms in total. The van der Waals surface area contributed by atoms with Crippen molar-refractivity contribution in [2.24, 2.45) is 0 Å². The number of benzene rings is 1. The van der Waals surface area contributed by atoms with Crippen LogP contribution in [0.3, 0.4) is 0 Å². The number of carbonyl (C=O) groups is 1. The lowest BCUT2D eigenvalue weighted by Gasteiger charge is -2.07. The molecule has 0 saturated heterocycles. The fourth-order valence-corrected chi connectivity index (χ4v) is 1.87. The van der Waals surface area contributed by atoms with E-state index in [1.54, 1.807) is 41.3 Å². The van der Waals surface area contributed by atoms with E-state index in [0.717, 1.165) is 5.75 Å². The number of carbonyl (C=O) groups excluding carboxylic acids is 1. The van der Waals surface area contributed by atoms with Crippen molar-refractivity contribution in [2.45, 2.75) is 13.5 Å². The van der Waals surface area contributed by atoms with Gasteiger partial charge in [-0.1, -0.05) is 11.6 Å². The lowest BCUT2D eigenvalue weighted by molar-refractivity contribution is 0.0952. The van der Waals surface area contributed by atoms with Crippen molar-refractivity contribution in [3.8, 4) is 5.75 Å². The predicted molar refractivity (Wildman–Crippen MR) is 77.2 cm³/mol. The highest BCUT2D eigenvalue weighted by Gasteiger charge is 2.05. The van der Waals surface area contributed by atoms with E-state index in [-0.39, 0.29) is 5.91 Å². The number of ether oxygens (including phenoxy) is 1. The maximum atomic E-state index is 11.9. The summed E-state index contributed by atoms with van der Waals surface area (Å²) in [5.74, 6) is 0.640. The van der Waals surface area contributed by atoms with Crippen LogP contribution in [0.1, 0.15) is 17.3 Å². The molecule has 0 aliphatic heterocycles. The van der Waals surface area contributed by atoms with Crippen LogP contribution in [0.2, 0.25) is 5.02 Å². The van der Waals surface area contributed by atoms with Gasteiger partial charge in [0.25, 0.3) is 5.91 Å². The van der Waals surface area contributed by atoms with Gasteiger partial charge < -0.3 is 10.1 Å². The van der Waals surface area contributed by atoms with Crippen LogP contribution in [0.4, 0.5) is 0 Å². The SMILES string of the molecule is CCOc1ccc(C(=O)NCCn2cc(Cl)cn2)cc1. The van der Waals surface area contributed by atoms with Gasteiger partial charge in [0.15, 0.2) is 0 Å². The third kappa shape index (κ3) is 3.99. The number of hydrogen-bond donors (Lipinski definition) is 1. The summed E-state index contributed by atoms with van der Waals surface area (Å²) >= 11 is 5.76. The topological polar surface area (TPSA) is 56.1 Å². The highest BCUT2D eigenvalue weighted by Crippen LogP contribution is 2.11. The minimum Gasteiger partial charge on any atom is -0.494 e. The number of hydrogen-bond acceptors (Lipinski definition) is 3. The Morgan fingerprint density at radius 1 is 1.40 bits per heavy atom. The van der Waals surface area contributed by atoms with Gasteiger partial charge in [-0.3, -0.25) is 9.48 Å². The van der Waals surface area contributed by atoms with Crippen LogP contribution in [0.15, 0.2) is 36.7 Å². The Kier molecular flexibility index (Phi) is 5.01. The third-order valence-electron chi connectivity index (χ3n) is 2.66. The zero-order chi connectivity index (χ0) is 14.4. The molecule has 2 rings (SSSR count). The molecule has 0 radical (unpaired) electrons. The van der Waals surface area contributed by atoms with Gasteiger partial charge in [-0.15, -0.1) is 0 Å². The number of amides is 1. The van der Waals surface area contributed by atoms with Gasteiger partial charge in [-0.05, 0) is 31.2 Å². The van der Waals surface area contributed by atoms with Gasteiger partial charge in [0, 0.05) is 18.3 Å². The van der Waals surface area contributed by atoms with E-state index in [1.807, 2.05) is 6.92 Å². The minimum absolute atomic E-state index is 0.119. The van der Waals surface area contributed by atoms with E-state index in [2.05, 4.69) is 10.4 Å². The predicted octanol–water partition coefficient (Wildman–Crippen LogP) is 2.37. The smallest absolute Gasteiger partial charge is 0.251 e. The molecular weight excluding hydrogens is 278 g/mol. The Balaban J connectivity index is 1.82. The van der Waals surface area contributed by atoms with E-state index in [9.17, 15) is 4.79 Å². The molecule has 0 aliphatic rings. The van der Waals surface area contributed by atoms with Crippen LogP contribution in [-0.4, -0.2) is 28.8 Å². The number of nitrogens with zero attached hydrogens (tertiary/aromatic N) is 2. The maximum Gasteiger partial charge on any atom is 0.251 e. The summed E-state index contributed by atoms with van der Waals surface area (Å²) in [6.45, 7) is 3.60. The Labute approximate surface area is 122 Å². The quantitative estimate of drug-likeness (QED) is 0.889. The van der Waals surface area contributed by atoms with E-state index in [1.165, 1.54) is 0 Å². The number of halogens is 1. The fraction of sp³-hybridized carbons (Fsp3) is 0.286. The molecule has 0 aliphatic carbocycles. The van der Waals surface area contributed by atoms with Crippen LogP contribution in [0, 0.1) is 0 Å². The van der Waals surface area contributed by atoms with E-state index in [0.29, 0.717) is 30.3 Å². The van der Waals surface area contributed by atoms with Crippen molar-refractivity contribution >= 4 is 17.5 Å². The molecule has 1 heterocycles. The summed E-state index contributed by atoms with van der Waals surface area (Å²) in [5.41, 5.74) is 0.604. The molecule has 0 fully saturated rings. The third-order valence-corrected chi connectivity index (χ3v) is 2.85. The van der Waals surface area contributed by atoms with E-state index >= 15 is 0 Å². The zero-order valence-electron chi connectivity index (χ0n) is 11.2. The first-order valence-electron chi connectivity index (χ1n) is 6.38. The van der Waals surface area contributed by atoms with Gasteiger partial charge in [0.2, 0.25) is 0 Å². The summed E-state index contributed by atoms with van der Waals surface area (Å²) in [6.07, 6.45) is 3.28. The number of rotatable bonds is 6. The largest absolute Gasteiger partial charge is 0.494 e. The van der Waals surface area contributed by atoms with Gasteiger partial charge in [-0.25, -0.2) is 0 Å². The second-order valence-corrected chi connectivity index (χ2v) is 4.57. The summed E-state index contributed by atoms with van der Waals surface area (Å²) in [7, 11) is 0. The van der Waals surface area contributed by atoms with Crippen LogP contribution in [0.5, 0.6) is 5.75 Å². The van der Waals surface area contributed by atoms with Crippen LogP contribution in [0.25, 0.3) is 0 Å². The van der Waals surface area contributed by atoms with Crippen molar-refractivity contribution in [3.63, 3.8) is 0 Å². The van der Waals surface area contributed by atoms with Gasteiger partial charge >= 0.3 is 0 Å². The molecule has 0 bridgehead atoms. The molecule has 106 valence electrons. The Morgan fingerprint density at radius 2 is 2.15 bits per heavy atom. The fourth-order valence-electron chi connectivity index (χ4n) is 1.72. The molecule has 0 spiro atoms. The van der Waals surface area contributed by atoms with Crippen molar-refractivity contribution < 1.29 is 9.53 Å². The van der Waals surface area contributed by atoms with Crippen LogP contribution >= 0.6 is 11.6 Å². The molecule has 1 aromatic heterocycles. The van der Waals surface area contributed by atoms with Crippen LogP contribution in [-0.2, 0) is 6.54 Å². The first-order chi connectivity index (χ1) is 9.69. The average Bonchev–Trinajstić information content (AvgIpc) is 2.85. The van der Waals surface area contributed by atoms with E-state index in [4.69, 9.17) is 16.3 Å². The summed E-state index contributed by atoms with van der Waals surface area (Å²) in [6, 6.07) is 7.05. The summed E-state index contributed by atoms with van der Waals surface area (Å²) in [4.78, 5) is 11.9. The molecule has 20 heavy (non-hydrogen) atoms. The lowest BCUT2D eigenvalue weighted by atomic mass is 10.2. The van der Waals surface area contributed by atoms with Gasteiger partial charge in [0.05, 0.1) is 24.4 Å². The van der Waals surface area contributed by atoms with Crippen molar-refractivity contribution in [1.29, 1.82) is 0 Å². The summed E-state index contributed by atoms with van der Waals surface area (Å²) in [5, 5.41) is 7.44. The van der Waals surface area contributed by atoms with E-state index < -0.39 is 0 Å². The standard InChI is InChI=1S/C14H16ClN3O2/c1-2-20-13-5-3-11(4-6-13)14(19)16-7-8-18-10-12(15)9-17-18/h3-6,9-10H,2,7-8H2,1H3,(H,16,19). The molecule has 1 N–H and O–H groups in total. The molecule has 0 unspecified atom stereocenters. The molecule has 6 heteroatoms. The van der Waals surface area contributed by atoms with Gasteiger partial charge in [-0.2, -0.15) is 5.10 Å². The van der Waals surface area contributed by atoms with Crippen molar-refractivity contribution in [2.75, 3.05) is 13.2 Å². The highest BCUT2D eigenvalue weighted by atomic mass is 35.5. The Bertz CT molecular complexity index is 566. The first-order valence-corrected chi connectivity index (χ1v) is 6.76. The second kappa shape index (κ2) is 6.96. The monoisotopic (exact) mass is 293 g/mol. The average molecular weight is 294 g/mol. The first kappa shape index (κ1) is 14.4. The normalized spacial score (nSPS) is 10.3. The molecular formula is C14H16ClN3O2. The molecule has 1 aromatic carbocycles. The molecule has 0 saturated carbocycles.